The number of aromatic nitrogens is 1. The van der Waals surface area contributed by atoms with Crippen LogP contribution in [0.25, 0.3) is 11.3 Å². The van der Waals surface area contributed by atoms with Gasteiger partial charge in [-0.2, -0.15) is 0 Å². The number of hydrogen-bond acceptors (Lipinski definition) is 4. The minimum atomic E-state index is -0.564. The lowest BCUT2D eigenvalue weighted by molar-refractivity contribution is 0.102. The van der Waals surface area contributed by atoms with Gasteiger partial charge in [0.25, 0.3) is 5.91 Å². The molecule has 1 fully saturated rings. The number of hydrogen-bond donors (Lipinski definition) is 1. The molecule has 1 saturated heterocycles. The van der Waals surface area contributed by atoms with Crippen molar-refractivity contribution in [1.82, 2.24) is 5.16 Å². The molecule has 0 aliphatic carbocycles. The Hall–Kier alpha value is -2.86. The van der Waals surface area contributed by atoms with Gasteiger partial charge in [0.2, 0.25) is 0 Å². The first kappa shape index (κ1) is 19.5. The van der Waals surface area contributed by atoms with Gasteiger partial charge in [0.1, 0.15) is 22.8 Å². The van der Waals surface area contributed by atoms with Crippen LogP contribution in [0.5, 0.6) is 0 Å². The van der Waals surface area contributed by atoms with Crippen LogP contribution in [-0.4, -0.2) is 24.2 Å². The van der Waals surface area contributed by atoms with E-state index < -0.39 is 11.7 Å². The predicted molar refractivity (Wildman–Crippen MR) is 112 cm³/mol. The van der Waals surface area contributed by atoms with E-state index in [1.54, 1.807) is 13.0 Å². The predicted octanol–water partition coefficient (Wildman–Crippen LogP) is 5.60. The zero-order valence-electron chi connectivity index (χ0n) is 16.3. The van der Waals surface area contributed by atoms with Crippen LogP contribution in [0.4, 0.5) is 15.8 Å². The highest BCUT2D eigenvalue weighted by Gasteiger charge is 2.25. The zero-order chi connectivity index (χ0) is 20.5. The van der Waals surface area contributed by atoms with Gasteiger partial charge >= 0.3 is 0 Å². The summed E-state index contributed by atoms with van der Waals surface area (Å²) >= 11 is 6.15. The molecule has 0 radical (unpaired) electrons. The number of nitrogens with one attached hydrogen (secondary N) is 1. The molecule has 1 aromatic heterocycles. The fourth-order valence-electron chi connectivity index (χ4n) is 3.77. The van der Waals surface area contributed by atoms with E-state index in [1.165, 1.54) is 30.7 Å². The number of anilines is 2. The van der Waals surface area contributed by atoms with Gasteiger partial charge in [-0.1, -0.05) is 22.8 Å². The average molecular weight is 414 g/mol. The first-order valence-electron chi connectivity index (χ1n) is 9.53. The van der Waals surface area contributed by atoms with Crippen LogP contribution in [0.3, 0.4) is 0 Å². The molecule has 1 N–H and O–H groups in total. The van der Waals surface area contributed by atoms with Crippen LogP contribution in [0.15, 0.2) is 40.9 Å². The summed E-state index contributed by atoms with van der Waals surface area (Å²) in [4.78, 5) is 15.3. The minimum absolute atomic E-state index is 0.0525. The van der Waals surface area contributed by atoms with Crippen LogP contribution in [0, 0.1) is 19.7 Å². The number of benzene rings is 2. The molecule has 2 heterocycles. The van der Waals surface area contributed by atoms with E-state index in [-0.39, 0.29) is 21.8 Å². The lowest BCUT2D eigenvalue weighted by atomic mass is 10.0. The van der Waals surface area contributed by atoms with Crippen LogP contribution in [0.2, 0.25) is 5.02 Å². The third kappa shape index (κ3) is 3.72. The number of carbonyl (C=O) groups excluding carboxylic acids is 1. The van der Waals surface area contributed by atoms with E-state index in [0.717, 1.165) is 18.7 Å². The maximum atomic E-state index is 14.4. The molecule has 0 saturated carbocycles. The summed E-state index contributed by atoms with van der Waals surface area (Å²) in [6, 6.07) is 10.1. The molecular weight excluding hydrogens is 393 g/mol. The van der Waals surface area contributed by atoms with Crippen molar-refractivity contribution < 1.29 is 13.7 Å². The first-order valence-corrected chi connectivity index (χ1v) is 9.91. The molecule has 0 atom stereocenters. The minimum Gasteiger partial charge on any atom is -0.371 e. The van der Waals surface area contributed by atoms with Gasteiger partial charge in [-0.3, -0.25) is 4.79 Å². The van der Waals surface area contributed by atoms with Crippen molar-refractivity contribution >= 4 is 28.9 Å². The van der Waals surface area contributed by atoms with E-state index >= 15 is 0 Å². The van der Waals surface area contributed by atoms with E-state index in [1.807, 2.05) is 25.1 Å². The second kappa shape index (κ2) is 7.87. The molecule has 29 heavy (non-hydrogen) atoms. The summed E-state index contributed by atoms with van der Waals surface area (Å²) in [5, 5.41) is 6.92. The topological polar surface area (TPSA) is 58.4 Å². The van der Waals surface area contributed by atoms with Crippen LogP contribution >= 0.6 is 11.6 Å². The lowest BCUT2D eigenvalue weighted by Gasteiger charge is -2.20. The monoisotopic (exact) mass is 413 g/mol. The number of rotatable bonds is 4. The molecule has 3 aromatic rings. The maximum Gasteiger partial charge on any atom is 0.261 e. The second-order valence-electron chi connectivity index (χ2n) is 7.21. The standard InChI is InChI=1S/C22H21ClFN3O2/c1-13-12-15(8-9-18(13)27-10-3-4-11-27)25-22(28)19-14(2)29-26-21(19)20-16(23)6-5-7-17(20)24/h5-9,12H,3-4,10-11H2,1-2H3,(H,25,28). The van der Waals surface area contributed by atoms with Crippen molar-refractivity contribution in [2.24, 2.45) is 0 Å². The molecule has 1 amide bonds. The van der Waals surface area contributed by atoms with Gasteiger partial charge in [0.05, 0.1) is 10.6 Å². The summed E-state index contributed by atoms with van der Waals surface area (Å²) in [5.41, 5.74) is 3.23. The third-order valence-electron chi connectivity index (χ3n) is 5.19. The van der Waals surface area contributed by atoms with Crippen molar-refractivity contribution in [2.45, 2.75) is 26.7 Å². The Morgan fingerprint density at radius 2 is 1.97 bits per heavy atom. The van der Waals surface area contributed by atoms with E-state index in [2.05, 4.69) is 15.4 Å². The van der Waals surface area contributed by atoms with E-state index in [9.17, 15) is 9.18 Å². The lowest BCUT2D eigenvalue weighted by Crippen LogP contribution is -2.19. The highest BCUT2D eigenvalue weighted by atomic mass is 35.5. The second-order valence-corrected chi connectivity index (χ2v) is 7.62. The molecule has 0 unspecified atom stereocenters. The normalized spacial score (nSPS) is 13.7. The first-order chi connectivity index (χ1) is 14.0. The Labute approximate surface area is 173 Å². The van der Waals surface area contributed by atoms with E-state index in [0.29, 0.717) is 11.4 Å². The number of aryl methyl sites for hydroxylation is 2. The summed E-state index contributed by atoms with van der Waals surface area (Å²) < 4.78 is 19.5. The summed E-state index contributed by atoms with van der Waals surface area (Å²) in [5.74, 6) is -0.695. The molecule has 0 bridgehead atoms. The fraction of sp³-hybridized carbons (Fsp3) is 0.273. The summed E-state index contributed by atoms with van der Waals surface area (Å²) in [6.45, 7) is 5.75. The molecule has 1 aliphatic heterocycles. The van der Waals surface area contributed by atoms with Gasteiger partial charge < -0.3 is 14.7 Å². The summed E-state index contributed by atoms with van der Waals surface area (Å²) in [7, 11) is 0. The Morgan fingerprint density at radius 3 is 2.66 bits per heavy atom. The van der Waals surface area contributed by atoms with E-state index in [4.69, 9.17) is 16.1 Å². The van der Waals surface area contributed by atoms with Crippen molar-refractivity contribution in [3.05, 3.63) is 64.1 Å². The number of carbonyl (C=O) groups is 1. The van der Waals surface area contributed by atoms with Gasteiger partial charge in [0.15, 0.2) is 0 Å². The highest BCUT2D eigenvalue weighted by molar-refractivity contribution is 6.33. The van der Waals surface area contributed by atoms with Crippen molar-refractivity contribution in [2.75, 3.05) is 23.3 Å². The largest absolute Gasteiger partial charge is 0.371 e. The van der Waals surface area contributed by atoms with Crippen LogP contribution in [-0.2, 0) is 0 Å². The number of halogens is 2. The summed E-state index contributed by atoms with van der Waals surface area (Å²) in [6.07, 6.45) is 2.40. The Bertz CT molecular complexity index is 1050. The van der Waals surface area contributed by atoms with Crippen molar-refractivity contribution in [3.63, 3.8) is 0 Å². The molecular formula is C22H21ClFN3O2. The van der Waals surface area contributed by atoms with Crippen LogP contribution in [0.1, 0.15) is 34.5 Å². The molecule has 1 aliphatic rings. The highest BCUT2D eigenvalue weighted by Crippen LogP contribution is 2.34. The SMILES string of the molecule is Cc1cc(NC(=O)c2c(-c3c(F)cccc3Cl)noc2C)ccc1N1CCCC1. The number of nitrogens with zero attached hydrogens (tertiary/aromatic N) is 2. The number of amides is 1. The third-order valence-corrected chi connectivity index (χ3v) is 5.51. The Balaban J connectivity index is 1.63. The average Bonchev–Trinajstić information content (AvgIpc) is 3.32. The van der Waals surface area contributed by atoms with Gasteiger partial charge in [-0.15, -0.1) is 0 Å². The smallest absolute Gasteiger partial charge is 0.261 e. The Kier molecular flexibility index (Phi) is 5.28. The molecule has 4 rings (SSSR count). The molecule has 2 aromatic carbocycles. The van der Waals surface area contributed by atoms with Gasteiger partial charge in [-0.25, -0.2) is 4.39 Å². The van der Waals surface area contributed by atoms with Crippen molar-refractivity contribution in [3.8, 4) is 11.3 Å². The maximum absolute atomic E-state index is 14.4. The van der Waals surface area contributed by atoms with Crippen molar-refractivity contribution in [1.29, 1.82) is 0 Å². The van der Waals surface area contributed by atoms with Crippen LogP contribution < -0.4 is 10.2 Å². The van der Waals surface area contributed by atoms with Gasteiger partial charge in [0, 0.05) is 24.5 Å². The molecule has 150 valence electrons. The fourth-order valence-corrected chi connectivity index (χ4v) is 4.03. The zero-order valence-corrected chi connectivity index (χ0v) is 17.0. The Morgan fingerprint density at radius 1 is 1.21 bits per heavy atom. The van der Waals surface area contributed by atoms with Gasteiger partial charge in [-0.05, 0) is 62.6 Å². The quantitative estimate of drug-likeness (QED) is 0.604. The molecule has 7 heteroatoms. The molecule has 5 nitrogen and oxygen atoms in total. The molecule has 0 spiro atoms.